The fourth-order valence-electron chi connectivity index (χ4n) is 3.71. The van der Waals surface area contributed by atoms with Crippen molar-refractivity contribution in [1.29, 1.82) is 0 Å². The maximum Gasteiger partial charge on any atom is 0.325 e. The van der Waals surface area contributed by atoms with Gasteiger partial charge in [0.15, 0.2) is 11.6 Å². The third kappa shape index (κ3) is 5.16. The number of halogens is 2. The van der Waals surface area contributed by atoms with Crippen molar-refractivity contribution in [3.05, 3.63) is 83.6 Å². The molecule has 2 aromatic carbocycles. The topological polar surface area (TPSA) is 137 Å². The molecule has 0 unspecified atom stereocenters. The van der Waals surface area contributed by atoms with Crippen LogP contribution in [0.3, 0.4) is 0 Å². The molecule has 3 aromatic heterocycles. The lowest BCUT2D eigenvalue weighted by molar-refractivity contribution is -0.119. The lowest BCUT2D eigenvalue weighted by Gasteiger charge is -2.10. The van der Waals surface area contributed by atoms with Gasteiger partial charge in [-0.1, -0.05) is 12.1 Å². The summed E-state index contributed by atoms with van der Waals surface area (Å²) in [4.78, 5) is 28.4. The average Bonchev–Trinajstić information content (AvgIpc) is 3.45. The molecule has 11 nitrogen and oxygen atoms in total. The van der Waals surface area contributed by atoms with E-state index in [4.69, 9.17) is 9.15 Å². The summed E-state index contributed by atoms with van der Waals surface area (Å²) in [6.07, 6.45) is 2.80. The predicted octanol–water partition coefficient (Wildman–Crippen LogP) is 4.36. The number of benzene rings is 2. The van der Waals surface area contributed by atoms with Crippen molar-refractivity contribution in [3.63, 3.8) is 0 Å². The van der Waals surface area contributed by atoms with Crippen molar-refractivity contribution in [2.75, 3.05) is 5.32 Å². The number of aromatic nitrogens is 5. The summed E-state index contributed by atoms with van der Waals surface area (Å²) in [5.41, 5.74) is 2.39. The zero-order valence-electron chi connectivity index (χ0n) is 20.0. The number of amides is 3. The highest BCUT2D eigenvalue weighted by Gasteiger charge is 2.20. The molecule has 0 atom stereocenters. The highest BCUT2D eigenvalue weighted by molar-refractivity contribution is 6.01. The number of ether oxygens (including phenoxy) is 1. The third-order valence-electron chi connectivity index (χ3n) is 5.48. The van der Waals surface area contributed by atoms with Crippen LogP contribution in [-0.2, 0) is 11.2 Å². The molecule has 13 heteroatoms. The van der Waals surface area contributed by atoms with Gasteiger partial charge >= 0.3 is 6.03 Å². The molecule has 0 radical (unpaired) electrons. The summed E-state index contributed by atoms with van der Waals surface area (Å²) in [6, 6.07) is 8.21. The van der Waals surface area contributed by atoms with Crippen LogP contribution in [-0.4, -0.2) is 36.7 Å². The lowest BCUT2D eigenvalue weighted by Crippen LogP contribution is -2.35. The van der Waals surface area contributed by atoms with E-state index in [9.17, 15) is 18.4 Å². The Hall–Kier alpha value is -5.20. The number of carbonyl (C=O) groups excluding carboxylic acids is 2. The molecule has 3 amide bonds. The maximum atomic E-state index is 14.9. The molecule has 0 aliphatic heterocycles. The van der Waals surface area contributed by atoms with Gasteiger partial charge in [-0.2, -0.15) is 10.1 Å². The van der Waals surface area contributed by atoms with Gasteiger partial charge < -0.3 is 14.5 Å². The highest BCUT2D eigenvalue weighted by Crippen LogP contribution is 2.33. The first-order valence-electron chi connectivity index (χ1n) is 11.2. The summed E-state index contributed by atoms with van der Waals surface area (Å²) in [5.74, 6) is -1.19. The van der Waals surface area contributed by atoms with Gasteiger partial charge in [0.2, 0.25) is 23.6 Å². The molecule has 0 saturated heterocycles. The van der Waals surface area contributed by atoms with Gasteiger partial charge in [-0.15, -0.1) is 10.2 Å². The SMILES string of the molecule is Cc1nnc(-c2cn3ncnc(Oc4ccc(NC(=O)NC(=O)Cc5ccc(F)cc5)cc4F)c3c2C)o1. The molecule has 0 fully saturated rings. The smallest absolute Gasteiger partial charge is 0.325 e. The van der Waals surface area contributed by atoms with E-state index in [1.807, 2.05) is 0 Å². The van der Waals surface area contributed by atoms with Crippen LogP contribution in [0.1, 0.15) is 17.0 Å². The molecule has 2 N–H and O–H groups in total. The number of urea groups is 1. The van der Waals surface area contributed by atoms with Gasteiger partial charge in [0, 0.05) is 24.9 Å². The Balaban J connectivity index is 1.28. The minimum absolute atomic E-state index is 0.0858. The Kier molecular flexibility index (Phi) is 6.47. The Morgan fingerprint density at radius 1 is 1.08 bits per heavy atom. The number of hydrogen-bond acceptors (Lipinski definition) is 8. The fourth-order valence-corrected chi connectivity index (χ4v) is 3.71. The molecule has 0 aliphatic carbocycles. The first-order valence-corrected chi connectivity index (χ1v) is 11.2. The molecular weight excluding hydrogens is 500 g/mol. The minimum Gasteiger partial charge on any atom is -0.434 e. The highest BCUT2D eigenvalue weighted by atomic mass is 19.1. The number of anilines is 1. The van der Waals surface area contributed by atoms with Gasteiger partial charge in [-0.05, 0) is 42.3 Å². The van der Waals surface area contributed by atoms with Crippen LogP contribution in [0.2, 0.25) is 0 Å². The predicted molar refractivity (Wildman–Crippen MR) is 129 cm³/mol. The Labute approximate surface area is 213 Å². The number of nitrogens with zero attached hydrogens (tertiary/aromatic N) is 5. The summed E-state index contributed by atoms with van der Waals surface area (Å²) in [6.45, 7) is 3.46. The Bertz CT molecular complexity index is 1660. The quantitative estimate of drug-likeness (QED) is 0.338. The van der Waals surface area contributed by atoms with E-state index in [0.717, 1.165) is 6.07 Å². The summed E-state index contributed by atoms with van der Waals surface area (Å²) in [5, 5.41) is 16.5. The number of nitrogens with one attached hydrogen (secondary N) is 2. The van der Waals surface area contributed by atoms with E-state index >= 15 is 0 Å². The van der Waals surface area contributed by atoms with Gasteiger partial charge in [-0.25, -0.2) is 18.1 Å². The number of imide groups is 1. The third-order valence-corrected chi connectivity index (χ3v) is 5.48. The minimum atomic E-state index is -0.852. The fraction of sp³-hybridized carbons (Fsp3) is 0.120. The normalized spacial score (nSPS) is 10.9. The van der Waals surface area contributed by atoms with E-state index in [1.165, 1.54) is 47.2 Å². The molecule has 0 aliphatic rings. The summed E-state index contributed by atoms with van der Waals surface area (Å²) >= 11 is 0. The van der Waals surface area contributed by atoms with Crippen LogP contribution >= 0.6 is 0 Å². The molecule has 5 rings (SSSR count). The second-order valence-electron chi connectivity index (χ2n) is 8.21. The number of aryl methyl sites for hydroxylation is 2. The molecule has 0 saturated carbocycles. The number of hydrogen-bond donors (Lipinski definition) is 2. The Morgan fingerprint density at radius 3 is 2.58 bits per heavy atom. The number of fused-ring (bicyclic) bond motifs is 1. The van der Waals surface area contributed by atoms with Gasteiger partial charge in [0.05, 0.1) is 12.0 Å². The molecule has 0 bridgehead atoms. The summed E-state index contributed by atoms with van der Waals surface area (Å²) in [7, 11) is 0. The van der Waals surface area contributed by atoms with Crippen molar-refractivity contribution in [1.82, 2.24) is 30.1 Å². The second kappa shape index (κ2) is 10.0. The van der Waals surface area contributed by atoms with Crippen molar-refractivity contribution in [2.24, 2.45) is 0 Å². The first kappa shape index (κ1) is 24.5. The Morgan fingerprint density at radius 2 is 1.87 bits per heavy atom. The van der Waals surface area contributed by atoms with E-state index in [1.54, 1.807) is 20.0 Å². The van der Waals surface area contributed by atoms with E-state index in [0.29, 0.717) is 34.0 Å². The number of rotatable bonds is 6. The van der Waals surface area contributed by atoms with Crippen LogP contribution in [0.5, 0.6) is 11.6 Å². The zero-order valence-corrected chi connectivity index (χ0v) is 20.0. The average molecular weight is 519 g/mol. The van der Waals surface area contributed by atoms with Crippen LogP contribution in [0.4, 0.5) is 19.3 Å². The van der Waals surface area contributed by atoms with Gasteiger partial charge in [0.1, 0.15) is 17.7 Å². The van der Waals surface area contributed by atoms with E-state index in [2.05, 4.69) is 30.9 Å². The molecule has 192 valence electrons. The molecular formula is C25H19F2N7O4. The monoisotopic (exact) mass is 519 g/mol. The van der Waals surface area contributed by atoms with Gasteiger partial charge in [-0.3, -0.25) is 10.1 Å². The summed E-state index contributed by atoms with van der Waals surface area (Å²) < 4.78 is 40.6. The van der Waals surface area contributed by atoms with Crippen molar-refractivity contribution in [2.45, 2.75) is 20.3 Å². The zero-order chi connectivity index (χ0) is 26.8. The molecule has 3 heterocycles. The van der Waals surface area contributed by atoms with E-state index in [-0.39, 0.29) is 23.7 Å². The van der Waals surface area contributed by atoms with Crippen LogP contribution in [0.25, 0.3) is 17.0 Å². The van der Waals surface area contributed by atoms with Crippen LogP contribution in [0.15, 0.2) is 59.4 Å². The van der Waals surface area contributed by atoms with E-state index < -0.39 is 23.6 Å². The lowest BCUT2D eigenvalue weighted by atomic mass is 10.1. The number of carbonyl (C=O) groups is 2. The van der Waals surface area contributed by atoms with Crippen molar-refractivity contribution < 1.29 is 27.5 Å². The van der Waals surface area contributed by atoms with Crippen LogP contribution < -0.4 is 15.4 Å². The van der Waals surface area contributed by atoms with Crippen molar-refractivity contribution >= 4 is 23.1 Å². The standard InChI is InChI=1S/C25H19F2N7O4/c1-13-18(23-33-32-14(2)37-23)11-34-22(13)24(28-12-29-34)38-20-8-7-17(10-19(20)27)30-25(36)31-21(35)9-15-3-5-16(26)6-4-15/h3-8,10-12H,9H2,1-2H3,(H2,30,31,35,36). The van der Waals surface area contributed by atoms with Crippen LogP contribution in [0, 0.1) is 25.5 Å². The first-order chi connectivity index (χ1) is 18.3. The second-order valence-corrected chi connectivity index (χ2v) is 8.21. The van der Waals surface area contributed by atoms with Gasteiger partial charge in [0.25, 0.3) is 0 Å². The molecule has 5 aromatic rings. The molecule has 0 spiro atoms. The molecule has 38 heavy (non-hydrogen) atoms. The maximum absolute atomic E-state index is 14.9. The largest absolute Gasteiger partial charge is 0.434 e. The van der Waals surface area contributed by atoms with Crippen molar-refractivity contribution in [3.8, 4) is 23.1 Å².